The van der Waals surface area contributed by atoms with Gasteiger partial charge in [0.1, 0.15) is 41.6 Å². The third kappa shape index (κ3) is 5.72. The van der Waals surface area contributed by atoms with Crippen LogP contribution in [0.3, 0.4) is 0 Å². The van der Waals surface area contributed by atoms with E-state index in [0.29, 0.717) is 51.2 Å². The molecule has 0 atom stereocenters. The Kier molecular flexibility index (Phi) is 7.65. The van der Waals surface area contributed by atoms with Crippen molar-refractivity contribution in [1.29, 1.82) is 0 Å². The molecule has 0 unspecified atom stereocenters. The highest BCUT2D eigenvalue weighted by molar-refractivity contribution is 6.23. The molecule has 2 aliphatic rings. The average molecular weight is 552 g/mol. The predicted octanol–water partition coefficient (Wildman–Crippen LogP) is 4.16. The fourth-order valence-corrected chi connectivity index (χ4v) is 4.43. The van der Waals surface area contributed by atoms with Crippen LogP contribution in [0.25, 0.3) is 17.6 Å². The van der Waals surface area contributed by atoms with Crippen LogP contribution in [0.4, 0.5) is 0 Å². The summed E-state index contributed by atoms with van der Waals surface area (Å²) in [4.78, 5) is 13.0. The molecule has 0 amide bonds. The van der Waals surface area contributed by atoms with Crippen LogP contribution in [0.15, 0.2) is 102 Å². The molecule has 0 N–H and O–H groups in total. The van der Waals surface area contributed by atoms with Crippen molar-refractivity contribution in [3.63, 3.8) is 0 Å². The summed E-state index contributed by atoms with van der Waals surface area (Å²) in [6.45, 7) is 0. The number of Topliss-reactive ketones (excluding diaryl/α,β-unsaturated/α-hetero) is 1. The fourth-order valence-electron chi connectivity index (χ4n) is 4.43. The first kappa shape index (κ1) is 27.3. The zero-order valence-corrected chi connectivity index (χ0v) is 23.4. The molecule has 0 saturated heterocycles. The van der Waals surface area contributed by atoms with Crippen molar-refractivity contribution in [2.75, 3.05) is 28.4 Å². The second kappa shape index (κ2) is 11.5. The van der Waals surface area contributed by atoms with Crippen LogP contribution in [0.5, 0.6) is 23.0 Å². The van der Waals surface area contributed by atoms with Gasteiger partial charge in [-0.3, -0.25) is 4.79 Å². The molecule has 41 heavy (non-hydrogen) atoms. The molecule has 1 aliphatic heterocycles. The van der Waals surface area contributed by atoms with Crippen LogP contribution in [0.2, 0.25) is 0 Å². The van der Waals surface area contributed by atoms with Gasteiger partial charge in [0.2, 0.25) is 0 Å². The number of ketones is 1. The van der Waals surface area contributed by atoms with Gasteiger partial charge < -0.3 is 28.8 Å². The van der Waals surface area contributed by atoms with Crippen molar-refractivity contribution in [2.24, 2.45) is 7.05 Å². The number of allylic oxidation sites excluding steroid dienone is 6. The van der Waals surface area contributed by atoms with Gasteiger partial charge in [-0.15, -0.1) is 0 Å². The van der Waals surface area contributed by atoms with E-state index in [4.69, 9.17) is 23.7 Å². The zero-order valence-electron chi connectivity index (χ0n) is 23.4. The SMILES string of the molecule is COc1cc(OC)cc(C2=CC(=CC3=C([O-])C(=Cc4cc[n+](C)cc4)C3=O)C=C(c3cc(OC)cc(OC)c3)O2)c1. The molecule has 2 heterocycles. The van der Waals surface area contributed by atoms with E-state index in [9.17, 15) is 9.90 Å². The molecule has 8 nitrogen and oxygen atoms in total. The summed E-state index contributed by atoms with van der Waals surface area (Å²) in [5.41, 5.74) is 3.00. The van der Waals surface area contributed by atoms with Crippen molar-refractivity contribution in [2.45, 2.75) is 0 Å². The number of rotatable bonds is 8. The molecule has 3 aromatic rings. The topological polar surface area (TPSA) is 90.2 Å². The number of hydrogen-bond acceptors (Lipinski definition) is 7. The summed E-state index contributed by atoms with van der Waals surface area (Å²) >= 11 is 0. The van der Waals surface area contributed by atoms with E-state index in [1.807, 2.05) is 60.4 Å². The molecule has 0 spiro atoms. The van der Waals surface area contributed by atoms with E-state index in [1.54, 1.807) is 64.9 Å². The lowest BCUT2D eigenvalue weighted by atomic mass is 9.85. The number of carbonyl (C=O) groups is 1. The van der Waals surface area contributed by atoms with E-state index in [2.05, 4.69) is 0 Å². The standard InChI is InChI=1S/C33H29NO7/c1-34-8-6-20(7-9-34)10-28-32(35)29(33(28)36)11-21-12-30(22-14-24(37-2)18-25(15-22)38-3)41-31(13-21)23-16-26(39-4)19-27(17-23)40-5/h6-19H,1-5H3. The van der Waals surface area contributed by atoms with Crippen molar-refractivity contribution >= 4 is 23.4 Å². The van der Waals surface area contributed by atoms with Gasteiger partial charge in [-0.1, -0.05) is 5.76 Å². The second-order valence-corrected chi connectivity index (χ2v) is 9.39. The van der Waals surface area contributed by atoms with Gasteiger partial charge >= 0.3 is 0 Å². The summed E-state index contributed by atoms with van der Waals surface area (Å²) in [6, 6.07) is 14.5. The fraction of sp³-hybridized carbons (Fsp3) is 0.152. The first-order chi connectivity index (χ1) is 19.8. The summed E-state index contributed by atoms with van der Waals surface area (Å²) < 4.78 is 30.0. The van der Waals surface area contributed by atoms with Crippen molar-refractivity contribution in [3.05, 3.63) is 118 Å². The first-order valence-corrected chi connectivity index (χ1v) is 12.7. The maximum Gasteiger partial charge on any atom is 0.191 e. The molecular weight excluding hydrogens is 522 g/mol. The Balaban J connectivity index is 1.60. The quantitative estimate of drug-likeness (QED) is 0.307. The molecule has 0 bridgehead atoms. The number of nitrogens with zero attached hydrogens (tertiary/aromatic N) is 1. The second-order valence-electron chi connectivity index (χ2n) is 9.39. The Morgan fingerprint density at radius 2 is 1.20 bits per heavy atom. The molecule has 208 valence electrons. The highest BCUT2D eigenvalue weighted by Crippen LogP contribution is 2.39. The summed E-state index contributed by atoms with van der Waals surface area (Å²) in [7, 11) is 8.17. The van der Waals surface area contributed by atoms with Crippen molar-refractivity contribution in [1.82, 2.24) is 0 Å². The highest BCUT2D eigenvalue weighted by atomic mass is 16.5. The summed E-state index contributed by atoms with van der Waals surface area (Å²) in [5.74, 6) is 2.65. The Bertz CT molecular complexity index is 1560. The normalized spacial score (nSPS) is 15.5. The predicted molar refractivity (Wildman–Crippen MR) is 152 cm³/mol. The number of ether oxygens (including phenoxy) is 5. The smallest absolute Gasteiger partial charge is 0.191 e. The number of pyridine rings is 1. The maximum atomic E-state index is 13.0. The van der Waals surface area contributed by atoms with E-state index >= 15 is 0 Å². The van der Waals surface area contributed by atoms with Crippen LogP contribution in [0, 0.1) is 0 Å². The molecule has 8 heteroatoms. The monoisotopic (exact) mass is 551 g/mol. The Morgan fingerprint density at radius 1 is 0.732 bits per heavy atom. The largest absolute Gasteiger partial charge is 0.871 e. The van der Waals surface area contributed by atoms with Gasteiger partial charge in [0.05, 0.1) is 28.4 Å². The van der Waals surface area contributed by atoms with Crippen molar-refractivity contribution in [3.8, 4) is 23.0 Å². The van der Waals surface area contributed by atoms with Gasteiger partial charge in [-0.2, -0.15) is 0 Å². The van der Waals surface area contributed by atoms with Crippen LogP contribution in [-0.2, 0) is 16.6 Å². The van der Waals surface area contributed by atoms with Gasteiger partial charge in [0.25, 0.3) is 0 Å². The molecule has 2 aromatic carbocycles. The van der Waals surface area contributed by atoms with Gasteiger partial charge in [-0.25, -0.2) is 4.57 Å². The Labute approximate surface area is 238 Å². The van der Waals surface area contributed by atoms with E-state index < -0.39 is 0 Å². The van der Waals surface area contributed by atoms with Crippen LogP contribution in [0.1, 0.15) is 16.7 Å². The van der Waals surface area contributed by atoms with E-state index in [-0.39, 0.29) is 22.7 Å². The number of hydrogen-bond donors (Lipinski definition) is 0. The number of carbonyl (C=O) groups excluding carboxylic acids is 1. The zero-order chi connectivity index (χ0) is 29.1. The number of aryl methyl sites for hydroxylation is 1. The van der Waals surface area contributed by atoms with Crippen LogP contribution in [-0.4, -0.2) is 34.2 Å². The van der Waals surface area contributed by atoms with E-state index in [0.717, 1.165) is 5.56 Å². The average Bonchev–Trinajstić information content (AvgIpc) is 3.02. The van der Waals surface area contributed by atoms with Crippen molar-refractivity contribution < 1.29 is 38.2 Å². The molecule has 1 aromatic heterocycles. The lowest BCUT2D eigenvalue weighted by Gasteiger charge is -2.29. The lowest BCUT2D eigenvalue weighted by Crippen LogP contribution is -2.29. The molecule has 0 saturated carbocycles. The summed E-state index contributed by atoms with van der Waals surface area (Å²) in [5, 5.41) is 13.0. The highest BCUT2D eigenvalue weighted by Gasteiger charge is 2.27. The number of aromatic nitrogens is 1. The van der Waals surface area contributed by atoms with Gasteiger partial charge in [0.15, 0.2) is 18.2 Å². The minimum Gasteiger partial charge on any atom is -0.871 e. The molecule has 5 rings (SSSR count). The summed E-state index contributed by atoms with van der Waals surface area (Å²) in [6.07, 6.45) is 10.4. The third-order valence-corrected chi connectivity index (χ3v) is 6.69. The van der Waals surface area contributed by atoms with Crippen LogP contribution >= 0.6 is 0 Å². The van der Waals surface area contributed by atoms with E-state index in [1.165, 1.54) is 0 Å². The lowest BCUT2D eigenvalue weighted by molar-refractivity contribution is -0.671. The number of benzene rings is 2. The molecule has 0 radical (unpaired) electrons. The van der Waals surface area contributed by atoms with Gasteiger partial charge in [-0.05, 0) is 59.7 Å². The minimum atomic E-state index is -0.307. The molecule has 0 fully saturated rings. The third-order valence-electron chi connectivity index (χ3n) is 6.69. The molecule has 1 aliphatic carbocycles. The number of methoxy groups -OCH3 is 4. The Hall–Kier alpha value is -5.24. The Morgan fingerprint density at radius 3 is 1.61 bits per heavy atom. The van der Waals surface area contributed by atoms with Crippen LogP contribution < -0.4 is 28.6 Å². The maximum absolute atomic E-state index is 13.0. The first-order valence-electron chi connectivity index (χ1n) is 12.7. The van der Waals surface area contributed by atoms with Gasteiger partial charge in [0, 0.05) is 46.5 Å². The molecular formula is C33H29NO7. The minimum absolute atomic E-state index is 0.104.